The molecule has 1 rings (SSSR count). The van der Waals surface area contributed by atoms with E-state index in [1.54, 1.807) is 0 Å². The van der Waals surface area contributed by atoms with Crippen molar-refractivity contribution in [1.29, 1.82) is 0 Å². The lowest BCUT2D eigenvalue weighted by molar-refractivity contribution is 0.370. The molecular formula is C6H6BrClFN. The van der Waals surface area contributed by atoms with Crippen molar-refractivity contribution in [3.63, 3.8) is 0 Å². The van der Waals surface area contributed by atoms with E-state index in [0.717, 1.165) is 0 Å². The lowest BCUT2D eigenvalue weighted by atomic mass is 10.1. The molecule has 0 radical (unpaired) electrons. The van der Waals surface area contributed by atoms with E-state index in [-0.39, 0.29) is 0 Å². The Labute approximate surface area is 71.9 Å². The van der Waals surface area contributed by atoms with Crippen molar-refractivity contribution in [2.75, 3.05) is 0 Å². The number of halogens is 3. The second-order valence-corrected chi connectivity index (χ2v) is 3.76. The number of hydrogen-bond donors (Lipinski definition) is 1. The van der Waals surface area contributed by atoms with E-state index >= 15 is 0 Å². The predicted molar refractivity (Wildman–Crippen MR) is 43.8 cm³/mol. The van der Waals surface area contributed by atoms with Gasteiger partial charge in [0.15, 0.2) is 0 Å². The summed E-state index contributed by atoms with van der Waals surface area (Å²) >= 11 is 8.37. The first-order valence-electron chi connectivity index (χ1n) is 2.71. The van der Waals surface area contributed by atoms with E-state index in [1.807, 2.05) is 0 Å². The second-order valence-electron chi connectivity index (χ2n) is 2.08. The molecular weight excluding hydrogens is 220 g/mol. The van der Waals surface area contributed by atoms with Crippen LogP contribution in [0.25, 0.3) is 0 Å². The highest BCUT2D eigenvalue weighted by Gasteiger charge is 2.32. The van der Waals surface area contributed by atoms with E-state index in [1.165, 1.54) is 18.2 Å². The standard InChI is InChI=1S/C6H6BrClFN/c7-6(9)2-1-4(10)3-5(6)8/h1-3,5H,10H2. The predicted octanol–water partition coefficient (Wildman–Crippen LogP) is 2.07. The largest absolute Gasteiger partial charge is 0.399 e. The van der Waals surface area contributed by atoms with E-state index in [0.29, 0.717) is 5.70 Å². The molecule has 0 spiro atoms. The van der Waals surface area contributed by atoms with Crippen LogP contribution in [-0.4, -0.2) is 9.96 Å². The van der Waals surface area contributed by atoms with E-state index < -0.39 is 9.96 Å². The van der Waals surface area contributed by atoms with E-state index in [2.05, 4.69) is 15.9 Å². The normalized spacial score (nSPS) is 39.5. The molecule has 0 aromatic heterocycles. The van der Waals surface area contributed by atoms with Gasteiger partial charge in [0.25, 0.3) is 0 Å². The Morgan fingerprint density at radius 3 is 2.80 bits per heavy atom. The summed E-state index contributed by atoms with van der Waals surface area (Å²) in [6.45, 7) is 0. The Bertz CT molecular complexity index is 200. The van der Waals surface area contributed by atoms with Crippen LogP contribution in [0.3, 0.4) is 0 Å². The molecule has 2 N–H and O–H groups in total. The molecule has 0 saturated carbocycles. The van der Waals surface area contributed by atoms with Crippen molar-refractivity contribution >= 4 is 27.5 Å². The van der Waals surface area contributed by atoms with Gasteiger partial charge in [0.1, 0.15) is 5.38 Å². The van der Waals surface area contributed by atoms with Gasteiger partial charge in [-0.05, 0) is 34.2 Å². The van der Waals surface area contributed by atoms with Crippen LogP contribution >= 0.6 is 27.5 Å². The van der Waals surface area contributed by atoms with Crippen LogP contribution < -0.4 is 5.73 Å². The van der Waals surface area contributed by atoms with Crippen molar-refractivity contribution in [1.82, 2.24) is 0 Å². The Morgan fingerprint density at radius 1 is 1.80 bits per heavy atom. The van der Waals surface area contributed by atoms with Crippen LogP contribution in [0.2, 0.25) is 0 Å². The summed E-state index contributed by atoms with van der Waals surface area (Å²) < 4.78 is 11.4. The number of hydrogen-bond acceptors (Lipinski definition) is 1. The first-order chi connectivity index (χ1) is 4.52. The van der Waals surface area contributed by atoms with Gasteiger partial charge in [-0.2, -0.15) is 0 Å². The number of nitrogens with two attached hydrogens (primary N) is 1. The van der Waals surface area contributed by atoms with Gasteiger partial charge >= 0.3 is 0 Å². The zero-order valence-corrected chi connectivity index (χ0v) is 7.36. The van der Waals surface area contributed by atoms with Crippen molar-refractivity contribution in [2.24, 2.45) is 5.73 Å². The van der Waals surface area contributed by atoms with Gasteiger partial charge in [0, 0.05) is 5.70 Å². The average Bonchev–Trinajstić information content (AvgIpc) is 1.81. The zero-order valence-electron chi connectivity index (χ0n) is 5.02. The van der Waals surface area contributed by atoms with E-state index in [9.17, 15) is 4.39 Å². The smallest absolute Gasteiger partial charge is 0.203 e. The molecule has 56 valence electrons. The molecule has 0 aliphatic heterocycles. The summed E-state index contributed by atoms with van der Waals surface area (Å²) in [7, 11) is 0. The Kier molecular flexibility index (Phi) is 2.06. The molecule has 0 bridgehead atoms. The monoisotopic (exact) mass is 225 g/mol. The highest BCUT2D eigenvalue weighted by molar-refractivity contribution is 9.10. The molecule has 0 aromatic carbocycles. The zero-order chi connectivity index (χ0) is 7.78. The molecule has 0 saturated heterocycles. The van der Waals surface area contributed by atoms with E-state index in [4.69, 9.17) is 17.3 Å². The average molecular weight is 226 g/mol. The third kappa shape index (κ3) is 1.52. The van der Waals surface area contributed by atoms with Gasteiger partial charge in [-0.25, -0.2) is 4.39 Å². The third-order valence-electron chi connectivity index (χ3n) is 1.20. The molecule has 0 amide bonds. The number of rotatable bonds is 0. The Morgan fingerprint density at radius 2 is 2.40 bits per heavy atom. The molecule has 1 nitrogen and oxygen atoms in total. The van der Waals surface area contributed by atoms with Crippen LogP contribution in [0.15, 0.2) is 23.9 Å². The first kappa shape index (κ1) is 8.08. The minimum absolute atomic E-state index is 0.493. The summed E-state index contributed by atoms with van der Waals surface area (Å²) in [4.78, 5) is 0. The van der Waals surface area contributed by atoms with Gasteiger partial charge in [-0.3, -0.25) is 0 Å². The van der Waals surface area contributed by atoms with Crippen molar-refractivity contribution < 1.29 is 4.39 Å². The maximum Gasteiger partial charge on any atom is 0.203 e. The summed E-state index contributed by atoms with van der Waals surface area (Å²) in [5.41, 5.74) is 5.84. The molecule has 1 aliphatic rings. The van der Waals surface area contributed by atoms with Crippen molar-refractivity contribution in [3.05, 3.63) is 23.9 Å². The summed E-state index contributed by atoms with van der Waals surface area (Å²) in [6.07, 6.45) is 4.23. The van der Waals surface area contributed by atoms with Gasteiger partial charge in [0.05, 0.1) is 0 Å². The van der Waals surface area contributed by atoms with Crippen molar-refractivity contribution in [3.8, 4) is 0 Å². The highest BCUT2D eigenvalue weighted by Crippen LogP contribution is 2.34. The lowest BCUT2D eigenvalue weighted by Crippen LogP contribution is -2.26. The minimum atomic E-state index is -1.64. The maximum atomic E-state index is 13.0. The van der Waals surface area contributed by atoms with Crippen molar-refractivity contribution in [2.45, 2.75) is 9.96 Å². The number of allylic oxidation sites excluding steroid dienone is 3. The fraction of sp³-hybridized carbons (Fsp3) is 0.333. The Balaban J connectivity index is 2.84. The molecule has 1 aliphatic carbocycles. The molecule has 0 aromatic rings. The second kappa shape index (κ2) is 2.55. The molecule has 0 fully saturated rings. The molecule has 0 heterocycles. The van der Waals surface area contributed by atoms with Crippen LogP contribution in [0.4, 0.5) is 4.39 Å². The summed E-state index contributed by atoms with van der Waals surface area (Å²) in [5.74, 6) is 0. The molecule has 2 atom stereocenters. The highest BCUT2D eigenvalue weighted by atomic mass is 79.9. The summed E-state index contributed by atoms with van der Waals surface area (Å²) in [5, 5.41) is -0.725. The van der Waals surface area contributed by atoms with Gasteiger partial charge < -0.3 is 5.73 Å². The topological polar surface area (TPSA) is 26.0 Å². The van der Waals surface area contributed by atoms with Crippen LogP contribution in [-0.2, 0) is 0 Å². The Hall–Kier alpha value is -0.0200. The van der Waals surface area contributed by atoms with Gasteiger partial charge in [-0.1, -0.05) is 0 Å². The minimum Gasteiger partial charge on any atom is -0.399 e. The third-order valence-corrected chi connectivity index (χ3v) is 2.67. The molecule has 10 heavy (non-hydrogen) atoms. The van der Waals surface area contributed by atoms with Gasteiger partial charge in [-0.15, -0.1) is 11.6 Å². The van der Waals surface area contributed by atoms with Crippen LogP contribution in [0.1, 0.15) is 0 Å². The lowest BCUT2D eigenvalue weighted by Gasteiger charge is -2.20. The van der Waals surface area contributed by atoms with Gasteiger partial charge in [0.2, 0.25) is 4.58 Å². The maximum absolute atomic E-state index is 13.0. The van der Waals surface area contributed by atoms with Crippen LogP contribution in [0.5, 0.6) is 0 Å². The molecule has 4 heteroatoms. The number of alkyl halides is 3. The fourth-order valence-electron chi connectivity index (χ4n) is 0.635. The quantitative estimate of drug-likeness (QED) is 0.629. The van der Waals surface area contributed by atoms with Crippen LogP contribution in [0, 0.1) is 0 Å². The fourth-order valence-corrected chi connectivity index (χ4v) is 1.12. The molecule has 2 unspecified atom stereocenters. The SMILES string of the molecule is NC1=CC(Cl)C(F)(Br)C=C1. The summed E-state index contributed by atoms with van der Waals surface area (Å²) in [6, 6.07) is 0. The first-order valence-corrected chi connectivity index (χ1v) is 3.94.